The SMILES string of the molecule is O=C([O-])CC(O)C(=O)[O-].O=C([O-])CC(O)C(=O)[O-].O=C([O-])CC(O)C(=O)[O-].[Sc+3].[Sc+3]. The van der Waals surface area contributed by atoms with Gasteiger partial charge in [0, 0.05) is 37.2 Å². The Hall–Kier alpha value is -1.56. The summed E-state index contributed by atoms with van der Waals surface area (Å²) in [6.07, 6.45) is -8.67. The molecule has 0 radical (unpaired) electrons. The summed E-state index contributed by atoms with van der Waals surface area (Å²) in [5.74, 6) is -10.3. The van der Waals surface area contributed by atoms with Gasteiger partial charge in [-0.05, 0) is 0 Å². The fraction of sp³-hybridized carbons (Fsp3) is 0.500. The molecule has 3 atom stereocenters. The number of rotatable bonds is 9. The quantitative estimate of drug-likeness (QED) is 0.272. The van der Waals surface area contributed by atoms with E-state index in [1.165, 1.54) is 0 Å². The molecule has 0 rings (SSSR count). The van der Waals surface area contributed by atoms with Crippen molar-refractivity contribution in [2.45, 2.75) is 37.6 Å². The second-order valence-corrected chi connectivity index (χ2v) is 4.23. The van der Waals surface area contributed by atoms with Gasteiger partial charge in [0.1, 0.15) is 0 Å². The Labute approximate surface area is 199 Å². The van der Waals surface area contributed by atoms with Crippen molar-refractivity contribution in [3.8, 4) is 0 Å². The Morgan fingerprint density at radius 1 is 0.483 bits per heavy atom. The topological polar surface area (TPSA) is 301 Å². The van der Waals surface area contributed by atoms with Crippen molar-refractivity contribution in [2.24, 2.45) is 0 Å². The van der Waals surface area contributed by atoms with Crippen LogP contribution in [0.3, 0.4) is 0 Å². The Morgan fingerprint density at radius 2 is 0.621 bits per heavy atom. The maximum atomic E-state index is 9.58. The molecule has 0 bridgehead atoms. The van der Waals surface area contributed by atoms with E-state index in [9.17, 15) is 59.4 Å². The van der Waals surface area contributed by atoms with Crippen LogP contribution in [0.4, 0.5) is 0 Å². The van der Waals surface area contributed by atoms with E-state index in [4.69, 9.17) is 15.3 Å². The fourth-order valence-electron chi connectivity index (χ4n) is 0.724. The number of carboxylic acid groups (broad SMARTS) is 6. The second kappa shape index (κ2) is 21.2. The van der Waals surface area contributed by atoms with E-state index in [-0.39, 0.29) is 51.7 Å². The van der Waals surface area contributed by atoms with E-state index in [0.29, 0.717) is 0 Å². The molecule has 0 saturated heterocycles. The van der Waals surface area contributed by atoms with Gasteiger partial charge in [0.2, 0.25) is 0 Å². The molecule has 0 spiro atoms. The van der Waals surface area contributed by atoms with Crippen LogP contribution in [0.1, 0.15) is 19.3 Å². The molecule has 15 nitrogen and oxygen atoms in total. The Bertz CT molecular complexity index is 473. The summed E-state index contributed by atoms with van der Waals surface area (Å²) in [7, 11) is 0. The van der Waals surface area contributed by atoms with Crippen LogP contribution in [-0.4, -0.2) is 69.4 Å². The first kappa shape index (κ1) is 38.1. The number of carbonyl (C=O) groups is 6. The molecule has 0 aromatic carbocycles. The van der Waals surface area contributed by atoms with Crippen LogP contribution in [0.15, 0.2) is 0 Å². The number of aliphatic hydroxyl groups excluding tert-OH is 3. The van der Waals surface area contributed by atoms with Crippen LogP contribution in [0.25, 0.3) is 0 Å². The van der Waals surface area contributed by atoms with E-state index in [0.717, 1.165) is 0 Å². The maximum absolute atomic E-state index is 9.58. The summed E-state index contributed by atoms with van der Waals surface area (Å²) in [5.41, 5.74) is 0. The van der Waals surface area contributed by atoms with Gasteiger partial charge in [0.05, 0.1) is 36.2 Å². The first-order valence-electron chi connectivity index (χ1n) is 6.38. The summed E-state index contributed by atoms with van der Waals surface area (Å²) >= 11 is 0. The third-order valence-corrected chi connectivity index (χ3v) is 1.90. The molecule has 0 aliphatic carbocycles. The third kappa shape index (κ3) is 31.4. The van der Waals surface area contributed by atoms with E-state index in [1.54, 1.807) is 0 Å². The monoisotopic (exact) mass is 486 g/mol. The summed E-state index contributed by atoms with van der Waals surface area (Å²) in [4.78, 5) is 57.4. The number of aliphatic carboxylic acids is 6. The summed E-state index contributed by atoms with van der Waals surface area (Å²) in [6, 6.07) is 0. The molecule has 0 aromatic heterocycles. The summed E-state index contributed by atoms with van der Waals surface area (Å²) < 4.78 is 0. The standard InChI is InChI=1S/3C4H6O5.2Sc/c3*5-2(4(8)9)1-3(6)7;;/h3*2,5H,1H2,(H,6,7)(H,8,9);;/q;;;2*+3/p-6. The van der Waals surface area contributed by atoms with Gasteiger partial charge in [-0.2, -0.15) is 0 Å². The summed E-state index contributed by atoms with van der Waals surface area (Å²) in [5, 5.41) is 82.0. The van der Waals surface area contributed by atoms with Gasteiger partial charge in [-0.3, -0.25) is 0 Å². The molecule has 0 fully saturated rings. The zero-order chi connectivity index (χ0) is 22.3. The van der Waals surface area contributed by atoms with Gasteiger partial charge in [-0.1, -0.05) is 0 Å². The smallest absolute Gasteiger partial charge is 0.550 e. The van der Waals surface area contributed by atoms with Crippen molar-refractivity contribution >= 4 is 35.8 Å². The molecule has 0 aliphatic rings. The van der Waals surface area contributed by atoms with Crippen molar-refractivity contribution in [1.82, 2.24) is 0 Å². The molecule has 0 saturated carbocycles. The normalized spacial score (nSPS) is 11.7. The van der Waals surface area contributed by atoms with E-state index in [2.05, 4.69) is 0 Å². The fourth-order valence-corrected chi connectivity index (χ4v) is 0.724. The molecule has 29 heavy (non-hydrogen) atoms. The van der Waals surface area contributed by atoms with Gasteiger partial charge >= 0.3 is 51.7 Å². The van der Waals surface area contributed by atoms with Crippen molar-refractivity contribution in [2.75, 3.05) is 0 Å². The molecule has 0 aromatic rings. The van der Waals surface area contributed by atoms with Gasteiger partial charge in [0.25, 0.3) is 0 Å². The zero-order valence-electron chi connectivity index (χ0n) is 14.2. The van der Waals surface area contributed by atoms with Crippen molar-refractivity contribution in [1.29, 1.82) is 0 Å². The molecular formula is C12H12O15Sc2. The van der Waals surface area contributed by atoms with Gasteiger partial charge in [-0.15, -0.1) is 0 Å². The Morgan fingerprint density at radius 3 is 0.655 bits per heavy atom. The molecule has 156 valence electrons. The molecule has 0 amide bonds. The number of carboxylic acids is 6. The molecule has 3 unspecified atom stereocenters. The number of hydrogen-bond donors (Lipinski definition) is 3. The van der Waals surface area contributed by atoms with E-state index < -0.39 is 73.4 Å². The molecule has 17 heteroatoms. The predicted octanol–water partition coefficient (Wildman–Crippen LogP) is -11.3. The van der Waals surface area contributed by atoms with Gasteiger partial charge in [-0.25, -0.2) is 0 Å². The minimum absolute atomic E-state index is 0. The predicted molar refractivity (Wildman–Crippen MR) is 61.9 cm³/mol. The number of carbonyl (C=O) groups excluding carboxylic acids is 6. The molecule has 0 heterocycles. The Balaban J connectivity index is -0.0000000960. The van der Waals surface area contributed by atoms with E-state index in [1.807, 2.05) is 0 Å². The van der Waals surface area contributed by atoms with Crippen molar-refractivity contribution < 1.29 is 126 Å². The van der Waals surface area contributed by atoms with Gasteiger partial charge < -0.3 is 74.7 Å². The molecule has 3 N–H and O–H groups in total. The van der Waals surface area contributed by atoms with Crippen molar-refractivity contribution in [3.05, 3.63) is 0 Å². The average Bonchev–Trinajstić information content (AvgIpc) is 2.46. The first-order valence-corrected chi connectivity index (χ1v) is 6.38. The number of aliphatic hydroxyl groups is 3. The first-order chi connectivity index (χ1) is 12.1. The van der Waals surface area contributed by atoms with Crippen molar-refractivity contribution in [3.63, 3.8) is 0 Å². The van der Waals surface area contributed by atoms with Crippen LogP contribution in [0, 0.1) is 0 Å². The molecule has 0 aliphatic heterocycles. The van der Waals surface area contributed by atoms with E-state index >= 15 is 0 Å². The maximum Gasteiger partial charge on any atom is 3.00 e. The van der Waals surface area contributed by atoms with Crippen LogP contribution < -0.4 is 30.6 Å². The van der Waals surface area contributed by atoms with Crippen LogP contribution in [-0.2, 0) is 80.5 Å². The zero-order valence-corrected chi connectivity index (χ0v) is 17.9. The Kier molecular flexibility index (Phi) is 27.8. The van der Waals surface area contributed by atoms with Gasteiger partial charge in [0.15, 0.2) is 0 Å². The van der Waals surface area contributed by atoms with Crippen LogP contribution in [0.2, 0.25) is 0 Å². The van der Waals surface area contributed by atoms with Crippen LogP contribution in [0.5, 0.6) is 0 Å². The van der Waals surface area contributed by atoms with Crippen LogP contribution >= 0.6 is 0 Å². The average molecular weight is 486 g/mol. The summed E-state index contributed by atoms with van der Waals surface area (Å²) in [6.45, 7) is 0. The minimum atomic E-state index is -1.96. The largest absolute Gasteiger partial charge is 3.00 e. The number of hydrogen-bond acceptors (Lipinski definition) is 15. The third-order valence-electron chi connectivity index (χ3n) is 1.90. The minimum Gasteiger partial charge on any atom is -0.550 e. The molecular weight excluding hydrogens is 474 g/mol. The second-order valence-electron chi connectivity index (χ2n) is 4.23.